The summed E-state index contributed by atoms with van der Waals surface area (Å²) in [5.41, 5.74) is 1.51. The van der Waals surface area contributed by atoms with Crippen LogP contribution < -0.4 is 5.32 Å². The highest BCUT2D eigenvalue weighted by molar-refractivity contribution is 7.11. The summed E-state index contributed by atoms with van der Waals surface area (Å²) in [5, 5.41) is 4.65. The van der Waals surface area contributed by atoms with Crippen molar-refractivity contribution in [3.63, 3.8) is 0 Å². The van der Waals surface area contributed by atoms with E-state index in [1.54, 1.807) is 11.3 Å². The molecule has 2 fully saturated rings. The lowest BCUT2D eigenvalue weighted by Crippen LogP contribution is -2.53. The summed E-state index contributed by atoms with van der Waals surface area (Å²) in [4.78, 5) is 13.3. The van der Waals surface area contributed by atoms with Gasteiger partial charge in [-0.2, -0.15) is 0 Å². The Labute approximate surface area is 155 Å². The van der Waals surface area contributed by atoms with Gasteiger partial charge in [0, 0.05) is 49.5 Å². The maximum atomic E-state index is 5.81. The van der Waals surface area contributed by atoms with E-state index in [0.717, 1.165) is 56.8 Å². The van der Waals surface area contributed by atoms with Crippen molar-refractivity contribution < 1.29 is 4.74 Å². The second-order valence-electron chi connectivity index (χ2n) is 7.41. The lowest BCUT2D eigenvalue weighted by molar-refractivity contribution is -0.0370. The van der Waals surface area contributed by atoms with E-state index in [1.807, 2.05) is 0 Å². The highest BCUT2D eigenvalue weighted by atomic mass is 32.1. The van der Waals surface area contributed by atoms with Gasteiger partial charge in [0.2, 0.25) is 0 Å². The molecule has 140 valence electrons. The number of aliphatic imine (C=N–C) groups is 1. The molecule has 0 saturated carbocycles. The van der Waals surface area contributed by atoms with Crippen molar-refractivity contribution in [2.24, 2.45) is 10.4 Å². The zero-order valence-corrected chi connectivity index (χ0v) is 16.8. The third-order valence-electron chi connectivity index (χ3n) is 5.30. The standard InChI is InChI=1S/C19H32N4OS/c1-4-20-18(21-10-7-17-15(2)22-16(3)25-17)23-11-5-8-19(13-23)9-6-12-24-14-19/h4-14H2,1-3H3,(H,20,21). The first-order valence-corrected chi connectivity index (χ1v) is 10.5. The molecule has 0 bridgehead atoms. The summed E-state index contributed by atoms with van der Waals surface area (Å²) < 4.78 is 5.81. The number of aryl methyl sites for hydroxylation is 2. The number of nitrogens with one attached hydrogen (secondary N) is 1. The highest BCUT2D eigenvalue weighted by Crippen LogP contribution is 2.37. The number of hydrogen-bond donors (Lipinski definition) is 1. The van der Waals surface area contributed by atoms with E-state index in [1.165, 1.54) is 36.3 Å². The Bertz CT molecular complexity index is 587. The van der Waals surface area contributed by atoms with E-state index in [0.29, 0.717) is 5.41 Å². The normalized spacial score (nSPS) is 24.8. The molecule has 3 rings (SSSR count). The molecule has 6 heteroatoms. The lowest BCUT2D eigenvalue weighted by atomic mass is 9.76. The van der Waals surface area contributed by atoms with E-state index in [2.05, 4.69) is 36.0 Å². The molecule has 0 radical (unpaired) electrons. The monoisotopic (exact) mass is 364 g/mol. The summed E-state index contributed by atoms with van der Waals surface area (Å²) in [6, 6.07) is 0. The zero-order valence-electron chi connectivity index (χ0n) is 15.9. The number of hydrogen-bond acceptors (Lipinski definition) is 4. The molecular weight excluding hydrogens is 332 g/mol. The van der Waals surface area contributed by atoms with Gasteiger partial charge >= 0.3 is 0 Å². The molecule has 2 saturated heterocycles. The number of likely N-dealkylation sites (tertiary alicyclic amines) is 1. The minimum Gasteiger partial charge on any atom is -0.381 e. The summed E-state index contributed by atoms with van der Waals surface area (Å²) in [5.74, 6) is 1.08. The van der Waals surface area contributed by atoms with E-state index in [9.17, 15) is 0 Å². The van der Waals surface area contributed by atoms with E-state index >= 15 is 0 Å². The highest BCUT2D eigenvalue weighted by Gasteiger charge is 2.38. The smallest absolute Gasteiger partial charge is 0.193 e. The van der Waals surface area contributed by atoms with Crippen molar-refractivity contribution >= 4 is 17.3 Å². The Morgan fingerprint density at radius 2 is 2.20 bits per heavy atom. The summed E-state index contributed by atoms with van der Waals surface area (Å²) in [6.45, 7) is 12.1. The van der Waals surface area contributed by atoms with Gasteiger partial charge in [0.05, 0.1) is 17.3 Å². The molecule has 1 aromatic heterocycles. The Hall–Kier alpha value is -1.14. The molecule has 1 spiro atoms. The SMILES string of the molecule is CCNC(=NCCc1sc(C)nc1C)N1CCCC2(CCCOC2)C1. The van der Waals surface area contributed by atoms with Crippen LogP contribution in [0.3, 0.4) is 0 Å². The second-order valence-corrected chi connectivity index (χ2v) is 8.70. The van der Waals surface area contributed by atoms with Crippen LogP contribution in [0.2, 0.25) is 0 Å². The molecule has 2 aliphatic rings. The van der Waals surface area contributed by atoms with Gasteiger partial charge in [0.15, 0.2) is 5.96 Å². The van der Waals surface area contributed by atoms with Gasteiger partial charge in [0.25, 0.3) is 0 Å². The largest absolute Gasteiger partial charge is 0.381 e. The Morgan fingerprint density at radius 3 is 2.88 bits per heavy atom. The molecule has 0 aromatic carbocycles. The van der Waals surface area contributed by atoms with Crippen LogP contribution in [-0.4, -0.2) is 55.2 Å². The van der Waals surface area contributed by atoms with Crippen molar-refractivity contribution in [1.29, 1.82) is 0 Å². The van der Waals surface area contributed by atoms with Crippen LogP contribution in [0, 0.1) is 19.3 Å². The molecule has 0 amide bonds. The van der Waals surface area contributed by atoms with Gasteiger partial charge in [-0.05, 0) is 46.5 Å². The zero-order chi connectivity index (χ0) is 17.7. The minimum atomic E-state index is 0.345. The molecule has 1 unspecified atom stereocenters. The molecule has 3 heterocycles. The fraction of sp³-hybridized carbons (Fsp3) is 0.789. The molecule has 25 heavy (non-hydrogen) atoms. The van der Waals surface area contributed by atoms with E-state index in [4.69, 9.17) is 9.73 Å². The van der Waals surface area contributed by atoms with Crippen molar-refractivity contribution in [1.82, 2.24) is 15.2 Å². The van der Waals surface area contributed by atoms with Crippen LogP contribution in [-0.2, 0) is 11.2 Å². The van der Waals surface area contributed by atoms with Gasteiger partial charge in [-0.1, -0.05) is 0 Å². The fourth-order valence-corrected chi connectivity index (χ4v) is 5.04. The van der Waals surface area contributed by atoms with Crippen LogP contribution in [0.4, 0.5) is 0 Å². The van der Waals surface area contributed by atoms with Gasteiger partial charge in [-0.15, -0.1) is 11.3 Å². The Morgan fingerprint density at radius 1 is 1.36 bits per heavy atom. The number of piperidine rings is 1. The van der Waals surface area contributed by atoms with Gasteiger partial charge in [0.1, 0.15) is 0 Å². The number of rotatable bonds is 4. The predicted octanol–water partition coefficient (Wildman–Crippen LogP) is 3.16. The van der Waals surface area contributed by atoms with Gasteiger partial charge in [-0.25, -0.2) is 4.98 Å². The third-order valence-corrected chi connectivity index (χ3v) is 6.43. The molecule has 1 N–H and O–H groups in total. The first-order chi connectivity index (χ1) is 12.1. The average Bonchev–Trinajstić information content (AvgIpc) is 2.92. The molecule has 5 nitrogen and oxygen atoms in total. The van der Waals surface area contributed by atoms with Crippen LogP contribution in [0.15, 0.2) is 4.99 Å². The number of ether oxygens (including phenoxy) is 1. The van der Waals surface area contributed by atoms with E-state index in [-0.39, 0.29) is 0 Å². The summed E-state index contributed by atoms with van der Waals surface area (Å²) >= 11 is 1.80. The van der Waals surface area contributed by atoms with Crippen LogP contribution >= 0.6 is 11.3 Å². The molecule has 1 atom stereocenters. The Balaban J connectivity index is 1.63. The summed E-state index contributed by atoms with van der Waals surface area (Å²) in [7, 11) is 0. The van der Waals surface area contributed by atoms with Crippen LogP contribution in [0.25, 0.3) is 0 Å². The lowest BCUT2D eigenvalue weighted by Gasteiger charge is -2.45. The van der Waals surface area contributed by atoms with Crippen molar-refractivity contribution in [3.8, 4) is 0 Å². The average molecular weight is 365 g/mol. The number of aromatic nitrogens is 1. The second kappa shape index (κ2) is 8.49. The van der Waals surface area contributed by atoms with Crippen molar-refractivity contribution in [3.05, 3.63) is 15.6 Å². The number of thiazole rings is 1. The van der Waals surface area contributed by atoms with Crippen LogP contribution in [0.1, 0.15) is 48.2 Å². The number of guanidine groups is 1. The Kier molecular flexibility index (Phi) is 6.34. The fourth-order valence-electron chi connectivity index (χ4n) is 4.12. The topological polar surface area (TPSA) is 49.8 Å². The third kappa shape index (κ3) is 4.73. The maximum absolute atomic E-state index is 5.81. The van der Waals surface area contributed by atoms with Crippen molar-refractivity contribution in [2.45, 2.75) is 52.9 Å². The molecular formula is C19H32N4OS. The summed E-state index contributed by atoms with van der Waals surface area (Å²) in [6.07, 6.45) is 6.01. The molecule has 0 aliphatic carbocycles. The van der Waals surface area contributed by atoms with E-state index < -0.39 is 0 Å². The first-order valence-electron chi connectivity index (χ1n) is 9.66. The van der Waals surface area contributed by atoms with Gasteiger partial charge < -0.3 is 15.0 Å². The van der Waals surface area contributed by atoms with Gasteiger partial charge in [-0.3, -0.25) is 4.99 Å². The molecule has 2 aliphatic heterocycles. The number of nitrogens with zero attached hydrogens (tertiary/aromatic N) is 3. The van der Waals surface area contributed by atoms with Crippen LogP contribution in [0.5, 0.6) is 0 Å². The minimum absolute atomic E-state index is 0.345. The maximum Gasteiger partial charge on any atom is 0.193 e. The van der Waals surface area contributed by atoms with Crippen molar-refractivity contribution in [2.75, 3.05) is 39.4 Å². The molecule has 1 aromatic rings. The predicted molar refractivity (Wildman–Crippen MR) is 105 cm³/mol. The quantitative estimate of drug-likeness (QED) is 0.659. The first kappa shape index (κ1) is 18.6.